The lowest BCUT2D eigenvalue weighted by Crippen LogP contribution is -2.34. The first-order valence-corrected chi connectivity index (χ1v) is 9.21. The van der Waals surface area contributed by atoms with E-state index in [1.54, 1.807) is 12.1 Å². The molecule has 0 bridgehead atoms. The third-order valence-corrected chi connectivity index (χ3v) is 4.31. The van der Waals surface area contributed by atoms with E-state index < -0.39 is 16.7 Å². The van der Waals surface area contributed by atoms with Gasteiger partial charge >= 0.3 is 0 Å². The maximum atomic E-state index is 12.5. The smallest absolute Gasteiger partial charge is 0.270 e. The lowest BCUT2D eigenvalue weighted by molar-refractivity contribution is -0.384. The number of hydrogen-bond acceptors (Lipinski definition) is 6. The molecule has 3 rings (SSSR count). The number of rotatable bonds is 6. The lowest BCUT2D eigenvalue weighted by Gasteiger charge is -2.09. The summed E-state index contributed by atoms with van der Waals surface area (Å²) in [6.45, 7) is -0.325. The Bertz CT molecular complexity index is 1090. The minimum Gasteiger partial charge on any atom is -0.342 e. The van der Waals surface area contributed by atoms with Gasteiger partial charge in [0.2, 0.25) is 5.91 Å². The predicted molar refractivity (Wildman–Crippen MR) is 108 cm³/mol. The van der Waals surface area contributed by atoms with Gasteiger partial charge in [-0.05, 0) is 40.2 Å². The number of nitro groups is 1. The topological polar surface area (TPSA) is 132 Å². The summed E-state index contributed by atoms with van der Waals surface area (Å²) in [7, 11) is 0. The van der Waals surface area contributed by atoms with E-state index in [0.29, 0.717) is 15.3 Å². The third-order valence-electron chi connectivity index (χ3n) is 3.62. The Morgan fingerprint density at radius 3 is 2.62 bits per heavy atom. The summed E-state index contributed by atoms with van der Waals surface area (Å²) in [4.78, 5) is 38.8. The quantitative estimate of drug-likeness (QED) is 0.413. The van der Waals surface area contributed by atoms with Gasteiger partial charge in [-0.15, -0.1) is 0 Å². The first-order chi connectivity index (χ1) is 13.8. The SMILES string of the molecule is O=C(CNC(=O)c1cc(Br)nn1-c1ncccc1Cl)Nc1ccc([N+](=O)[O-])cc1. The van der Waals surface area contributed by atoms with Crippen LogP contribution < -0.4 is 10.6 Å². The molecular formula is C17H12BrClN6O4. The Morgan fingerprint density at radius 2 is 1.97 bits per heavy atom. The second-order valence-electron chi connectivity index (χ2n) is 5.61. The van der Waals surface area contributed by atoms with E-state index in [4.69, 9.17) is 11.6 Å². The highest BCUT2D eigenvalue weighted by molar-refractivity contribution is 9.10. The van der Waals surface area contributed by atoms with Gasteiger partial charge in [0.05, 0.1) is 16.5 Å². The van der Waals surface area contributed by atoms with Crippen molar-refractivity contribution in [2.75, 3.05) is 11.9 Å². The van der Waals surface area contributed by atoms with Gasteiger partial charge < -0.3 is 10.6 Å². The van der Waals surface area contributed by atoms with E-state index >= 15 is 0 Å². The Kier molecular flexibility index (Phi) is 6.20. The van der Waals surface area contributed by atoms with Crippen molar-refractivity contribution in [2.45, 2.75) is 0 Å². The average Bonchev–Trinajstić information content (AvgIpc) is 3.08. The summed E-state index contributed by atoms with van der Waals surface area (Å²) in [5.41, 5.74) is 0.395. The van der Waals surface area contributed by atoms with Gasteiger partial charge in [0.25, 0.3) is 11.6 Å². The van der Waals surface area contributed by atoms with Crippen molar-refractivity contribution in [3.8, 4) is 5.82 Å². The summed E-state index contributed by atoms with van der Waals surface area (Å²) < 4.78 is 1.65. The number of halogens is 2. The molecule has 0 saturated heterocycles. The van der Waals surface area contributed by atoms with E-state index in [1.807, 2.05) is 0 Å². The van der Waals surface area contributed by atoms with Crippen LogP contribution in [0.15, 0.2) is 53.3 Å². The molecule has 1 aromatic carbocycles. The summed E-state index contributed by atoms with van der Waals surface area (Å²) in [5.74, 6) is -0.808. The molecule has 0 aliphatic carbocycles. The molecule has 0 spiro atoms. The fourth-order valence-electron chi connectivity index (χ4n) is 2.33. The normalized spacial score (nSPS) is 10.4. The molecule has 10 nitrogen and oxygen atoms in total. The first-order valence-electron chi connectivity index (χ1n) is 8.04. The molecule has 2 aromatic heterocycles. The number of non-ortho nitro benzene ring substituents is 1. The highest BCUT2D eigenvalue weighted by Gasteiger charge is 2.19. The number of pyridine rings is 1. The number of benzene rings is 1. The summed E-state index contributed by atoms with van der Waals surface area (Å²) in [5, 5.41) is 20.1. The van der Waals surface area contributed by atoms with Gasteiger partial charge in [-0.25, -0.2) is 9.67 Å². The van der Waals surface area contributed by atoms with Crippen LogP contribution in [0.1, 0.15) is 10.5 Å². The number of hydrogen-bond donors (Lipinski definition) is 2. The molecule has 0 fully saturated rings. The largest absolute Gasteiger partial charge is 0.342 e. The summed E-state index contributed by atoms with van der Waals surface area (Å²) in [6.07, 6.45) is 1.51. The highest BCUT2D eigenvalue weighted by atomic mass is 79.9. The van der Waals surface area contributed by atoms with Gasteiger partial charge in [-0.3, -0.25) is 19.7 Å². The number of aromatic nitrogens is 3. The zero-order chi connectivity index (χ0) is 21.0. The highest BCUT2D eigenvalue weighted by Crippen LogP contribution is 2.21. The van der Waals surface area contributed by atoms with Crippen molar-refractivity contribution < 1.29 is 14.5 Å². The zero-order valence-corrected chi connectivity index (χ0v) is 16.8. The standard InChI is InChI=1S/C17H12BrClN6O4/c18-14-8-13(24(23-14)16-12(19)2-1-7-20-16)17(27)21-9-15(26)22-10-3-5-11(6-4-10)25(28)29/h1-8H,9H2,(H,21,27)(H,22,26). The number of amides is 2. The van der Waals surface area contributed by atoms with Crippen molar-refractivity contribution >= 4 is 50.7 Å². The molecule has 2 N–H and O–H groups in total. The Balaban J connectivity index is 1.66. The van der Waals surface area contributed by atoms with Gasteiger partial charge in [0, 0.05) is 30.1 Å². The molecule has 148 valence electrons. The molecule has 0 atom stereocenters. The number of nitrogens with zero attached hydrogens (tertiary/aromatic N) is 4. The second kappa shape index (κ2) is 8.80. The van der Waals surface area contributed by atoms with Crippen molar-refractivity contribution in [1.82, 2.24) is 20.1 Å². The maximum absolute atomic E-state index is 12.5. The van der Waals surface area contributed by atoms with Gasteiger partial charge in [-0.2, -0.15) is 5.10 Å². The molecular weight excluding hydrogens is 468 g/mol. The molecule has 2 heterocycles. The molecule has 0 aliphatic heterocycles. The number of carbonyl (C=O) groups is 2. The van der Waals surface area contributed by atoms with E-state index in [2.05, 4.69) is 36.6 Å². The van der Waals surface area contributed by atoms with Crippen LogP contribution in [0.4, 0.5) is 11.4 Å². The molecule has 2 amide bonds. The van der Waals surface area contributed by atoms with Crippen LogP contribution in [0.3, 0.4) is 0 Å². The van der Waals surface area contributed by atoms with Crippen molar-refractivity contribution in [2.24, 2.45) is 0 Å². The van der Waals surface area contributed by atoms with Crippen LogP contribution in [0.25, 0.3) is 5.82 Å². The van der Waals surface area contributed by atoms with E-state index in [0.717, 1.165) is 0 Å². The van der Waals surface area contributed by atoms with Gasteiger partial charge in [0.1, 0.15) is 10.3 Å². The molecule has 12 heteroatoms. The Hall–Kier alpha value is -3.31. The molecule has 0 aliphatic rings. The molecule has 3 aromatic rings. The lowest BCUT2D eigenvalue weighted by atomic mass is 10.3. The van der Waals surface area contributed by atoms with Crippen LogP contribution >= 0.6 is 27.5 Å². The fourth-order valence-corrected chi connectivity index (χ4v) is 2.91. The van der Waals surface area contributed by atoms with E-state index in [9.17, 15) is 19.7 Å². The van der Waals surface area contributed by atoms with Gasteiger partial charge in [-0.1, -0.05) is 11.6 Å². The summed E-state index contributed by atoms with van der Waals surface area (Å²) in [6, 6.07) is 10.0. The zero-order valence-electron chi connectivity index (χ0n) is 14.5. The Labute approximate surface area is 177 Å². The van der Waals surface area contributed by atoms with Crippen LogP contribution in [-0.2, 0) is 4.79 Å². The summed E-state index contributed by atoms with van der Waals surface area (Å²) >= 11 is 9.32. The average molecular weight is 480 g/mol. The number of anilines is 1. The van der Waals surface area contributed by atoms with Gasteiger partial charge in [0.15, 0.2) is 5.82 Å². The van der Waals surface area contributed by atoms with Crippen molar-refractivity contribution in [3.05, 3.63) is 74.1 Å². The van der Waals surface area contributed by atoms with Crippen LogP contribution in [-0.4, -0.2) is 38.0 Å². The van der Waals surface area contributed by atoms with Crippen molar-refractivity contribution in [3.63, 3.8) is 0 Å². The fraction of sp³-hybridized carbons (Fsp3) is 0.0588. The Morgan fingerprint density at radius 1 is 1.24 bits per heavy atom. The maximum Gasteiger partial charge on any atom is 0.270 e. The first kappa shape index (κ1) is 20.4. The van der Waals surface area contributed by atoms with Crippen LogP contribution in [0.2, 0.25) is 5.02 Å². The molecule has 0 saturated carbocycles. The second-order valence-corrected chi connectivity index (χ2v) is 6.83. The third kappa shape index (κ3) is 4.95. The number of nitro benzene ring substituents is 1. The predicted octanol–water partition coefficient (Wildman–Crippen LogP) is 2.96. The minimum absolute atomic E-state index is 0.0941. The van der Waals surface area contributed by atoms with Crippen LogP contribution in [0, 0.1) is 10.1 Å². The van der Waals surface area contributed by atoms with Crippen LogP contribution in [0.5, 0.6) is 0 Å². The number of nitrogens with one attached hydrogen (secondary N) is 2. The molecule has 29 heavy (non-hydrogen) atoms. The molecule has 0 unspecified atom stereocenters. The molecule has 0 radical (unpaired) electrons. The van der Waals surface area contributed by atoms with E-state index in [1.165, 1.54) is 41.2 Å². The van der Waals surface area contributed by atoms with Crippen molar-refractivity contribution in [1.29, 1.82) is 0 Å². The minimum atomic E-state index is -0.566. The van der Waals surface area contributed by atoms with E-state index in [-0.39, 0.29) is 23.7 Å². The monoisotopic (exact) mass is 478 g/mol. The number of carbonyl (C=O) groups excluding carboxylic acids is 2.